The Morgan fingerprint density at radius 1 is 0.815 bits per heavy atom. The molecule has 1 rings (SSSR count). The van der Waals surface area contributed by atoms with E-state index >= 15 is 0 Å². The van der Waals surface area contributed by atoms with Crippen molar-refractivity contribution < 1.29 is 19.1 Å². The van der Waals surface area contributed by atoms with Gasteiger partial charge in [0.2, 0.25) is 0 Å². The largest absolute Gasteiger partial charge is 0.462 e. The van der Waals surface area contributed by atoms with Gasteiger partial charge < -0.3 is 9.47 Å². The maximum absolute atomic E-state index is 12.6. The van der Waals surface area contributed by atoms with Gasteiger partial charge in [0.15, 0.2) is 0 Å². The molecule has 0 saturated carbocycles. The average molecular weight is 377 g/mol. The summed E-state index contributed by atoms with van der Waals surface area (Å²) >= 11 is 0. The van der Waals surface area contributed by atoms with Gasteiger partial charge in [-0.25, -0.2) is 9.59 Å². The number of carbonyl (C=O) groups is 2. The first-order valence-corrected chi connectivity index (χ1v) is 10.6. The van der Waals surface area contributed by atoms with Crippen molar-refractivity contribution in [2.75, 3.05) is 6.61 Å². The Morgan fingerprint density at radius 2 is 1.41 bits per heavy atom. The van der Waals surface area contributed by atoms with E-state index in [9.17, 15) is 9.59 Å². The van der Waals surface area contributed by atoms with Gasteiger partial charge in [-0.1, -0.05) is 71.4 Å². The highest BCUT2D eigenvalue weighted by atomic mass is 16.5. The Bertz CT molecular complexity index is 553. The second kappa shape index (κ2) is 14.2. The van der Waals surface area contributed by atoms with Crippen LogP contribution in [0.5, 0.6) is 0 Å². The highest BCUT2D eigenvalue weighted by Crippen LogP contribution is 2.17. The fraction of sp³-hybridized carbons (Fsp3) is 0.652. The molecule has 4 nitrogen and oxygen atoms in total. The third-order valence-electron chi connectivity index (χ3n) is 4.71. The zero-order chi connectivity index (χ0) is 19.9. The molecule has 0 saturated heterocycles. The summed E-state index contributed by atoms with van der Waals surface area (Å²) in [4.78, 5) is 25.0. The van der Waals surface area contributed by atoms with Crippen LogP contribution < -0.4 is 0 Å². The summed E-state index contributed by atoms with van der Waals surface area (Å²) in [7, 11) is 0. The highest BCUT2D eigenvalue weighted by Gasteiger charge is 2.21. The lowest BCUT2D eigenvalue weighted by Crippen LogP contribution is -2.20. The molecule has 4 heteroatoms. The highest BCUT2D eigenvalue weighted by molar-refractivity contribution is 6.03. The number of unbranched alkanes of at least 4 members (excludes halogenated alkanes) is 6. The minimum absolute atomic E-state index is 0.105. The topological polar surface area (TPSA) is 52.6 Å². The monoisotopic (exact) mass is 376 g/mol. The van der Waals surface area contributed by atoms with Crippen LogP contribution in [-0.4, -0.2) is 24.6 Å². The van der Waals surface area contributed by atoms with Gasteiger partial charge in [-0.3, -0.25) is 0 Å². The third kappa shape index (κ3) is 9.07. The van der Waals surface area contributed by atoms with Crippen molar-refractivity contribution >= 4 is 11.9 Å². The molecule has 152 valence electrons. The molecule has 1 atom stereocenters. The molecule has 0 aromatic heterocycles. The Hall–Kier alpha value is -1.84. The Morgan fingerprint density at radius 3 is 2.04 bits per heavy atom. The van der Waals surface area contributed by atoms with Gasteiger partial charge in [0, 0.05) is 0 Å². The third-order valence-corrected chi connectivity index (χ3v) is 4.71. The van der Waals surface area contributed by atoms with E-state index in [1.54, 1.807) is 24.3 Å². The zero-order valence-corrected chi connectivity index (χ0v) is 17.3. The van der Waals surface area contributed by atoms with Crippen molar-refractivity contribution in [3.05, 3.63) is 35.4 Å². The molecule has 1 aromatic carbocycles. The molecule has 0 bridgehead atoms. The molecular formula is C23H36O4. The molecule has 1 aromatic rings. The number of carbonyl (C=O) groups excluding carboxylic acids is 2. The van der Waals surface area contributed by atoms with E-state index in [1.165, 1.54) is 12.8 Å². The van der Waals surface area contributed by atoms with Crippen LogP contribution in [0.4, 0.5) is 0 Å². The number of rotatable bonds is 14. The van der Waals surface area contributed by atoms with Crippen LogP contribution in [0.25, 0.3) is 0 Å². The molecule has 0 aliphatic heterocycles. The Labute approximate surface area is 164 Å². The zero-order valence-electron chi connectivity index (χ0n) is 17.3. The second-order valence-electron chi connectivity index (χ2n) is 7.03. The minimum Gasteiger partial charge on any atom is -0.462 e. The molecular weight excluding hydrogens is 340 g/mol. The molecule has 0 N–H and O–H groups in total. The van der Waals surface area contributed by atoms with Gasteiger partial charge in [0.1, 0.15) is 6.10 Å². The molecule has 0 aliphatic rings. The standard InChI is InChI=1S/C23H36O4/c1-4-7-9-10-14-18-26-22(24)20-16-12-13-17-21(20)23(25)27-19(6-3)15-11-8-5-2/h12-13,16-17,19H,4-11,14-15,18H2,1-3H3. The summed E-state index contributed by atoms with van der Waals surface area (Å²) in [6.07, 6.45) is 10.3. The Balaban J connectivity index is 2.60. The predicted octanol–water partition coefficient (Wildman–Crippen LogP) is 6.33. The fourth-order valence-electron chi connectivity index (χ4n) is 2.97. The van der Waals surface area contributed by atoms with Gasteiger partial charge in [0.05, 0.1) is 17.7 Å². The number of hydrogen-bond donors (Lipinski definition) is 0. The smallest absolute Gasteiger partial charge is 0.339 e. The maximum Gasteiger partial charge on any atom is 0.339 e. The maximum atomic E-state index is 12.6. The van der Waals surface area contributed by atoms with Crippen molar-refractivity contribution in [1.29, 1.82) is 0 Å². The summed E-state index contributed by atoms with van der Waals surface area (Å²) in [6, 6.07) is 6.76. The van der Waals surface area contributed by atoms with Gasteiger partial charge >= 0.3 is 11.9 Å². The molecule has 0 fully saturated rings. The summed E-state index contributed by atoms with van der Waals surface area (Å²) in [6.45, 7) is 6.73. The lowest BCUT2D eigenvalue weighted by Gasteiger charge is -2.17. The first-order valence-electron chi connectivity index (χ1n) is 10.6. The van der Waals surface area contributed by atoms with Crippen molar-refractivity contribution in [2.24, 2.45) is 0 Å². The number of benzene rings is 1. The normalized spacial score (nSPS) is 11.8. The summed E-state index contributed by atoms with van der Waals surface area (Å²) in [5.41, 5.74) is 0.585. The molecule has 0 heterocycles. The van der Waals surface area contributed by atoms with Crippen molar-refractivity contribution in [1.82, 2.24) is 0 Å². The molecule has 0 spiro atoms. The summed E-state index contributed by atoms with van der Waals surface area (Å²) < 4.78 is 11.0. The average Bonchev–Trinajstić information content (AvgIpc) is 2.69. The lowest BCUT2D eigenvalue weighted by molar-refractivity contribution is 0.0258. The van der Waals surface area contributed by atoms with Crippen molar-refractivity contribution in [3.63, 3.8) is 0 Å². The second-order valence-corrected chi connectivity index (χ2v) is 7.03. The van der Waals surface area contributed by atoms with E-state index < -0.39 is 11.9 Å². The van der Waals surface area contributed by atoms with Crippen LogP contribution >= 0.6 is 0 Å². The van der Waals surface area contributed by atoms with E-state index in [0.29, 0.717) is 17.7 Å². The lowest BCUT2D eigenvalue weighted by atomic mass is 10.1. The van der Waals surface area contributed by atoms with E-state index in [4.69, 9.17) is 9.47 Å². The van der Waals surface area contributed by atoms with Gasteiger partial charge in [-0.2, -0.15) is 0 Å². The fourth-order valence-corrected chi connectivity index (χ4v) is 2.97. The predicted molar refractivity (Wildman–Crippen MR) is 109 cm³/mol. The molecule has 0 radical (unpaired) electrons. The van der Waals surface area contributed by atoms with E-state index in [2.05, 4.69) is 13.8 Å². The molecule has 1 unspecified atom stereocenters. The summed E-state index contributed by atoms with van der Waals surface area (Å²) in [5, 5.41) is 0. The molecule has 27 heavy (non-hydrogen) atoms. The summed E-state index contributed by atoms with van der Waals surface area (Å²) in [5.74, 6) is -0.883. The SMILES string of the molecule is CCCCCCCOC(=O)c1ccccc1C(=O)OC(CC)CCCCC. The van der Waals surface area contributed by atoms with Gasteiger partial charge in [-0.15, -0.1) is 0 Å². The molecule has 0 amide bonds. The quantitative estimate of drug-likeness (QED) is 0.281. The first kappa shape index (κ1) is 23.2. The van der Waals surface area contributed by atoms with Crippen LogP contribution in [-0.2, 0) is 9.47 Å². The number of hydrogen-bond acceptors (Lipinski definition) is 4. The minimum atomic E-state index is -0.447. The van der Waals surface area contributed by atoms with E-state index in [0.717, 1.165) is 51.4 Å². The van der Waals surface area contributed by atoms with Crippen LogP contribution in [0.1, 0.15) is 106 Å². The van der Waals surface area contributed by atoms with Crippen LogP contribution in [0.15, 0.2) is 24.3 Å². The van der Waals surface area contributed by atoms with Crippen LogP contribution in [0.2, 0.25) is 0 Å². The Kier molecular flexibility index (Phi) is 12.2. The molecule has 0 aliphatic carbocycles. The number of esters is 2. The van der Waals surface area contributed by atoms with Crippen molar-refractivity contribution in [3.8, 4) is 0 Å². The van der Waals surface area contributed by atoms with E-state index in [1.807, 2.05) is 6.92 Å². The number of ether oxygens (including phenoxy) is 2. The van der Waals surface area contributed by atoms with Crippen LogP contribution in [0.3, 0.4) is 0 Å². The van der Waals surface area contributed by atoms with E-state index in [-0.39, 0.29) is 6.10 Å². The van der Waals surface area contributed by atoms with Gasteiger partial charge in [-0.05, 0) is 37.8 Å². The van der Waals surface area contributed by atoms with Gasteiger partial charge in [0.25, 0.3) is 0 Å². The van der Waals surface area contributed by atoms with Crippen LogP contribution in [0, 0.1) is 0 Å². The van der Waals surface area contributed by atoms with Crippen molar-refractivity contribution in [2.45, 2.75) is 91.1 Å². The first-order chi connectivity index (χ1) is 13.1.